The number of hydrogen-bond donors (Lipinski definition) is 1. The van der Waals surface area contributed by atoms with Crippen LogP contribution >= 0.6 is 0 Å². The fourth-order valence-corrected chi connectivity index (χ4v) is 3.45. The zero-order valence-electron chi connectivity index (χ0n) is 16.5. The van der Waals surface area contributed by atoms with Crippen LogP contribution in [0.1, 0.15) is 20.8 Å². The zero-order valence-corrected chi connectivity index (χ0v) is 16.5. The fraction of sp³-hybridized carbons (Fsp3) is 0.227. The average Bonchev–Trinajstić information content (AvgIpc) is 3.29. The minimum absolute atomic E-state index is 0.0498. The number of methoxy groups -OCH3 is 1. The van der Waals surface area contributed by atoms with Crippen molar-refractivity contribution in [2.75, 3.05) is 33.3 Å². The molecule has 0 unspecified atom stereocenters. The Balaban J connectivity index is 1.41. The van der Waals surface area contributed by atoms with E-state index in [0.717, 1.165) is 5.56 Å². The third kappa shape index (κ3) is 3.89. The van der Waals surface area contributed by atoms with Crippen LogP contribution in [0.3, 0.4) is 0 Å². The van der Waals surface area contributed by atoms with Gasteiger partial charge in [0.1, 0.15) is 17.3 Å². The Morgan fingerprint density at radius 2 is 1.67 bits per heavy atom. The first-order valence-electron chi connectivity index (χ1n) is 9.60. The minimum Gasteiger partial charge on any atom is -0.497 e. The molecular weight excluding hydrogens is 387 g/mol. The highest BCUT2D eigenvalue weighted by Gasteiger charge is 2.27. The van der Waals surface area contributed by atoms with Crippen molar-refractivity contribution in [2.45, 2.75) is 0 Å². The molecule has 154 valence electrons. The van der Waals surface area contributed by atoms with Gasteiger partial charge in [0.15, 0.2) is 0 Å². The molecule has 2 heterocycles. The van der Waals surface area contributed by atoms with Crippen LogP contribution in [0.5, 0.6) is 5.75 Å². The van der Waals surface area contributed by atoms with Gasteiger partial charge in [-0.15, -0.1) is 0 Å². The predicted octanol–water partition coefficient (Wildman–Crippen LogP) is 2.82. The number of hydrogen-bond acceptors (Lipinski definition) is 4. The lowest BCUT2D eigenvalue weighted by Crippen LogP contribution is -2.50. The highest BCUT2D eigenvalue weighted by molar-refractivity contribution is 5.95. The molecule has 7 nitrogen and oxygen atoms in total. The van der Waals surface area contributed by atoms with Gasteiger partial charge in [0, 0.05) is 31.7 Å². The second kappa shape index (κ2) is 8.36. The molecule has 0 aliphatic carbocycles. The van der Waals surface area contributed by atoms with Gasteiger partial charge in [-0.3, -0.25) is 14.7 Å². The van der Waals surface area contributed by atoms with E-state index in [1.165, 1.54) is 12.1 Å². The average molecular weight is 408 g/mol. The summed E-state index contributed by atoms with van der Waals surface area (Å²) < 4.78 is 19.1. The molecule has 1 fully saturated rings. The van der Waals surface area contributed by atoms with E-state index in [0.29, 0.717) is 43.3 Å². The molecule has 1 saturated heterocycles. The van der Waals surface area contributed by atoms with E-state index in [9.17, 15) is 14.0 Å². The van der Waals surface area contributed by atoms with Crippen LogP contribution in [-0.2, 0) is 0 Å². The smallest absolute Gasteiger partial charge is 0.272 e. The molecule has 1 aromatic heterocycles. The highest BCUT2D eigenvalue weighted by Crippen LogP contribution is 2.23. The van der Waals surface area contributed by atoms with E-state index < -0.39 is 5.82 Å². The van der Waals surface area contributed by atoms with Crippen molar-refractivity contribution in [1.29, 1.82) is 0 Å². The monoisotopic (exact) mass is 408 g/mol. The molecule has 0 saturated carbocycles. The predicted molar refractivity (Wildman–Crippen MR) is 109 cm³/mol. The summed E-state index contributed by atoms with van der Waals surface area (Å²) in [4.78, 5) is 28.6. The largest absolute Gasteiger partial charge is 0.497 e. The van der Waals surface area contributed by atoms with Gasteiger partial charge < -0.3 is 14.5 Å². The number of rotatable bonds is 4. The maximum atomic E-state index is 13.9. The third-order valence-electron chi connectivity index (χ3n) is 5.13. The van der Waals surface area contributed by atoms with Crippen molar-refractivity contribution >= 4 is 11.8 Å². The van der Waals surface area contributed by atoms with Crippen LogP contribution in [0, 0.1) is 5.82 Å². The molecule has 2 amide bonds. The van der Waals surface area contributed by atoms with Crippen LogP contribution in [0.15, 0.2) is 54.6 Å². The van der Waals surface area contributed by atoms with E-state index in [1.807, 2.05) is 24.3 Å². The van der Waals surface area contributed by atoms with Crippen LogP contribution < -0.4 is 4.74 Å². The molecular formula is C22H21FN4O3. The first kappa shape index (κ1) is 19.6. The Morgan fingerprint density at radius 1 is 0.967 bits per heavy atom. The maximum Gasteiger partial charge on any atom is 0.272 e. The molecule has 4 rings (SSSR count). The number of nitrogens with one attached hydrogen (secondary N) is 1. The lowest BCUT2D eigenvalue weighted by atomic mass is 10.1. The Kier molecular flexibility index (Phi) is 5.47. The molecule has 3 aromatic rings. The number of H-pyrrole nitrogens is 1. The second-order valence-corrected chi connectivity index (χ2v) is 6.96. The molecule has 8 heteroatoms. The molecule has 1 N–H and O–H groups in total. The molecule has 0 spiro atoms. The van der Waals surface area contributed by atoms with E-state index >= 15 is 0 Å². The molecule has 0 bridgehead atoms. The number of halogens is 1. The first-order valence-corrected chi connectivity index (χ1v) is 9.60. The Hall–Kier alpha value is -3.68. The van der Waals surface area contributed by atoms with E-state index in [4.69, 9.17) is 4.74 Å². The number of aromatic amines is 1. The Labute approximate surface area is 173 Å². The van der Waals surface area contributed by atoms with Crippen LogP contribution in [0.4, 0.5) is 4.39 Å². The number of piperazine rings is 1. The highest BCUT2D eigenvalue weighted by atomic mass is 19.1. The summed E-state index contributed by atoms with van der Waals surface area (Å²) in [6, 6.07) is 15.1. The van der Waals surface area contributed by atoms with Crippen molar-refractivity contribution in [2.24, 2.45) is 0 Å². The summed E-state index contributed by atoms with van der Waals surface area (Å²) in [6.45, 7) is 1.42. The van der Waals surface area contributed by atoms with E-state index in [2.05, 4.69) is 10.2 Å². The lowest BCUT2D eigenvalue weighted by molar-refractivity contribution is 0.0529. The van der Waals surface area contributed by atoms with Crippen molar-refractivity contribution < 1.29 is 18.7 Å². The molecule has 1 aliphatic rings. The second-order valence-electron chi connectivity index (χ2n) is 6.96. The standard InChI is InChI=1S/C22H21FN4O3/c1-30-16-6-4-5-15(13-16)19-14-20(25-24-19)22(29)27-11-9-26(10-12-27)21(28)17-7-2-3-8-18(17)23/h2-8,13-14H,9-12H2,1H3,(H,24,25). The zero-order chi connectivity index (χ0) is 21.1. The molecule has 30 heavy (non-hydrogen) atoms. The lowest BCUT2D eigenvalue weighted by Gasteiger charge is -2.34. The number of nitrogens with zero attached hydrogens (tertiary/aromatic N) is 3. The van der Waals surface area contributed by atoms with Gasteiger partial charge in [-0.25, -0.2) is 4.39 Å². The number of carbonyl (C=O) groups is 2. The fourth-order valence-electron chi connectivity index (χ4n) is 3.45. The summed E-state index contributed by atoms with van der Waals surface area (Å²) in [6.07, 6.45) is 0. The maximum absolute atomic E-state index is 13.9. The van der Waals surface area contributed by atoms with Crippen LogP contribution in [0.25, 0.3) is 11.3 Å². The summed E-state index contributed by atoms with van der Waals surface area (Å²) >= 11 is 0. The Morgan fingerprint density at radius 3 is 2.37 bits per heavy atom. The summed E-state index contributed by atoms with van der Waals surface area (Å²) in [7, 11) is 1.59. The number of amides is 2. The molecule has 0 radical (unpaired) electrons. The molecule has 0 atom stereocenters. The van der Waals surface area contributed by atoms with Gasteiger partial charge in [0.05, 0.1) is 18.4 Å². The van der Waals surface area contributed by atoms with Crippen molar-refractivity contribution in [3.8, 4) is 17.0 Å². The van der Waals surface area contributed by atoms with Gasteiger partial charge in [-0.05, 0) is 30.3 Å². The number of benzene rings is 2. The van der Waals surface area contributed by atoms with Gasteiger partial charge >= 0.3 is 0 Å². The van der Waals surface area contributed by atoms with Crippen molar-refractivity contribution in [1.82, 2.24) is 20.0 Å². The van der Waals surface area contributed by atoms with E-state index in [-0.39, 0.29) is 17.4 Å². The number of carbonyl (C=O) groups excluding carboxylic acids is 2. The topological polar surface area (TPSA) is 78.5 Å². The Bertz CT molecular complexity index is 1070. The van der Waals surface area contributed by atoms with Crippen LogP contribution in [-0.4, -0.2) is 65.1 Å². The van der Waals surface area contributed by atoms with Gasteiger partial charge in [-0.2, -0.15) is 5.10 Å². The van der Waals surface area contributed by atoms with Crippen LogP contribution in [0.2, 0.25) is 0 Å². The third-order valence-corrected chi connectivity index (χ3v) is 5.13. The van der Waals surface area contributed by atoms with Gasteiger partial charge in [-0.1, -0.05) is 24.3 Å². The first-order chi connectivity index (χ1) is 14.6. The SMILES string of the molecule is COc1cccc(-c2cc(C(=O)N3CCN(C(=O)c4ccccc4F)CC3)[nH]n2)c1. The minimum atomic E-state index is -0.538. The quantitative estimate of drug-likeness (QED) is 0.720. The van der Waals surface area contributed by atoms with E-state index in [1.54, 1.807) is 35.1 Å². The molecule has 2 aromatic carbocycles. The van der Waals surface area contributed by atoms with Gasteiger partial charge in [0.25, 0.3) is 11.8 Å². The van der Waals surface area contributed by atoms with Crippen molar-refractivity contribution in [3.05, 3.63) is 71.7 Å². The normalized spacial score (nSPS) is 13.9. The summed E-state index contributed by atoms with van der Waals surface area (Å²) in [5.74, 6) is -0.376. The van der Waals surface area contributed by atoms with Gasteiger partial charge in [0.2, 0.25) is 0 Å². The summed E-state index contributed by atoms with van der Waals surface area (Å²) in [5.41, 5.74) is 1.91. The molecule has 1 aliphatic heterocycles. The number of aromatic nitrogens is 2. The van der Waals surface area contributed by atoms with Crippen molar-refractivity contribution in [3.63, 3.8) is 0 Å². The number of ether oxygens (including phenoxy) is 1. The summed E-state index contributed by atoms with van der Waals surface area (Å²) in [5, 5.41) is 7.03.